The molecule has 1 aromatic carbocycles. The highest BCUT2D eigenvalue weighted by Crippen LogP contribution is 2.13. The monoisotopic (exact) mass is 310 g/mol. The summed E-state index contributed by atoms with van der Waals surface area (Å²) < 4.78 is 0. The van der Waals surface area contributed by atoms with Gasteiger partial charge in [0, 0.05) is 37.2 Å². The lowest BCUT2D eigenvalue weighted by molar-refractivity contribution is -0.132. The molecule has 1 amide bonds. The summed E-state index contributed by atoms with van der Waals surface area (Å²) in [6.45, 7) is 5.43. The van der Waals surface area contributed by atoms with Gasteiger partial charge in [-0.05, 0) is 24.1 Å². The van der Waals surface area contributed by atoms with Crippen LogP contribution in [0.2, 0.25) is 5.02 Å². The van der Waals surface area contributed by atoms with Crippen LogP contribution in [0.25, 0.3) is 0 Å². The van der Waals surface area contributed by atoms with Gasteiger partial charge >= 0.3 is 0 Å². The van der Waals surface area contributed by atoms with E-state index >= 15 is 0 Å². The Morgan fingerprint density at radius 2 is 1.86 bits per heavy atom. The van der Waals surface area contributed by atoms with Crippen molar-refractivity contribution in [3.63, 3.8) is 0 Å². The van der Waals surface area contributed by atoms with E-state index in [0.717, 1.165) is 38.2 Å². The van der Waals surface area contributed by atoms with Crippen LogP contribution in [0.15, 0.2) is 24.3 Å². The van der Waals surface area contributed by atoms with Crippen LogP contribution in [-0.2, 0) is 11.2 Å². The highest BCUT2D eigenvalue weighted by atomic mass is 35.5. The van der Waals surface area contributed by atoms with Gasteiger partial charge in [0.2, 0.25) is 5.91 Å². The van der Waals surface area contributed by atoms with Crippen molar-refractivity contribution in [1.82, 2.24) is 9.80 Å². The molecule has 1 saturated heterocycles. The molecular weight excluding hydrogens is 288 g/mol. The van der Waals surface area contributed by atoms with Gasteiger partial charge in [0.05, 0.1) is 13.0 Å². The Morgan fingerprint density at radius 1 is 1.24 bits per heavy atom. The first-order chi connectivity index (χ1) is 10.1. The van der Waals surface area contributed by atoms with Gasteiger partial charge in [0.1, 0.15) is 0 Å². The van der Waals surface area contributed by atoms with Crippen molar-refractivity contribution >= 4 is 17.5 Å². The molecule has 1 aliphatic heterocycles. The summed E-state index contributed by atoms with van der Waals surface area (Å²) in [7, 11) is 0. The van der Waals surface area contributed by atoms with E-state index in [2.05, 4.69) is 11.8 Å². The van der Waals surface area contributed by atoms with Gasteiger partial charge in [-0.15, -0.1) is 0 Å². The summed E-state index contributed by atoms with van der Waals surface area (Å²) in [5, 5.41) is 10.0. The molecule has 21 heavy (non-hydrogen) atoms. The minimum absolute atomic E-state index is 0.161. The molecule has 0 saturated carbocycles. The van der Waals surface area contributed by atoms with E-state index in [1.165, 1.54) is 0 Å². The lowest BCUT2D eigenvalue weighted by Crippen LogP contribution is -2.53. The van der Waals surface area contributed by atoms with E-state index in [-0.39, 0.29) is 18.6 Å². The number of hydrogen-bond donors (Lipinski definition) is 1. The van der Waals surface area contributed by atoms with E-state index in [0.29, 0.717) is 11.4 Å². The number of aliphatic hydroxyl groups excluding tert-OH is 1. The second kappa shape index (κ2) is 7.78. The van der Waals surface area contributed by atoms with Gasteiger partial charge in [-0.2, -0.15) is 0 Å². The van der Waals surface area contributed by atoms with E-state index in [1.807, 2.05) is 29.2 Å². The Morgan fingerprint density at radius 3 is 2.38 bits per heavy atom. The van der Waals surface area contributed by atoms with Crippen LogP contribution >= 0.6 is 11.6 Å². The third-order valence-electron chi connectivity index (χ3n) is 4.13. The van der Waals surface area contributed by atoms with Crippen molar-refractivity contribution in [2.24, 2.45) is 0 Å². The topological polar surface area (TPSA) is 43.8 Å². The SMILES string of the molecule is CCC(CO)N1CCN(C(=O)Cc2ccc(Cl)cc2)CC1. The highest BCUT2D eigenvalue weighted by molar-refractivity contribution is 6.30. The first-order valence-electron chi connectivity index (χ1n) is 7.51. The highest BCUT2D eigenvalue weighted by Gasteiger charge is 2.24. The minimum atomic E-state index is 0.161. The molecule has 0 radical (unpaired) electrons. The van der Waals surface area contributed by atoms with Crippen LogP contribution in [-0.4, -0.2) is 59.6 Å². The zero-order valence-electron chi connectivity index (χ0n) is 12.5. The smallest absolute Gasteiger partial charge is 0.227 e. The molecule has 0 aliphatic carbocycles. The second-order valence-electron chi connectivity index (χ2n) is 5.46. The number of carbonyl (C=O) groups is 1. The van der Waals surface area contributed by atoms with Crippen LogP contribution in [0, 0.1) is 0 Å². The molecule has 1 atom stereocenters. The average Bonchev–Trinajstić information content (AvgIpc) is 2.51. The number of aliphatic hydroxyl groups is 1. The van der Waals surface area contributed by atoms with Gasteiger partial charge in [-0.25, -0.2) is 0 Å². The molecule has 0 spiro atoms. The number of halogens is 1. The van der Waals surface area contributed by atoms with Crippen molar-refractivity contribution < 1.29 is 9.90 Å². The number of amides is 1. The fraction of sp³-hybridized carbons (Fsp3) is 0.562. The summed E-state index contributed by atoms with van der Waals surface area (Å²) in [6.07, 6.45) is 1.36. The molecule has 2 rings (SSSR count). The molecule has 1 fully saturated rings. The quantitative estimate of drug-likeness (QED) is 0.902. The fourth-order valence-electron chi connectivity index (χ4n) is 2.73. The number of benzene rings is 1. The van der Waals surface area contributed by atoms with E-state index < -0.39 is 0 Å². The number of rotatable bonds is 5. The van der Waals surface area contributed by atoms with E-state index in [1.54, 1.807) is 0 Å². The van der Waals surface area contributed by atoms with E-state index in [4.69, 9.17) is 11.6 Å². The Kier molecular flexibility index (Phi) is 6.03. The van der Waals surface area contributed by atoms with Gasteiger partial charge in [0.25, 0.3) is 0 Å². The largest absolute Gasteiger partial charge is 0.395 e. The lowest BCUT2D eigenvalue weighted by Gasteiger charge is -2.38. The maximum Gasteiger partial charge on any atom is 0.227 e. The van der Waals surface area contributed by atoms with Crippen LogP contribution in [0.4, 0.5) is 0 Å². The lowest BCUT2D eigenvalue weighted by atomic mass is 10.1. The minimum Gasteiger partial charge on any atom is -0.395 e. The van der Waals surface area contributed by atoms with Crippen molar-refractivity contribution in [3.05, 3.63) is 34.9 Å². The summed E-state index contributed by atoms with van der Waals surface area (Å²) >= 11 is 5.85. The average molecular weight is 311 g/mol. The maximum absolute atomic E-state index is 12.3. The molecule has 0 bridgehead atoms. The number of nitrogens with zero attached hydrogens (tertiary/aromatic N) is 2. The zero-order chi connectivity index (χ0) is 15.2. The molecule has 0 aromatic heterocycles. The summed E-state index contributed by atoms with van der Waals surface area (Å²) in [5.74, 6) is 0.161. The van der Waals surface area contributed by atoms with Crippen molar-refractivity contribution in [3.8, 4) is 0 Å². The maximum atomic E-state index is 12.3. The molecule has 1 aliphatic rings. The molecule has 1 heterocycles. The fourth-order valence-corrected chi connectivity index (χ4v) is 2.85. The van der Waals surface area contributed by atoms with Gasteiger partial charge < -0.3 is 10.0 Å². The normalized spacial score (nSPS) is 17.8. The molecule has 1 unspecified atom stereocenters. The molecule has 1 N–H and O–H groups in total. The van der Waals surface area contributed by atoms with Gasteiger partial charge in [-0.1, -0.05) is 30.7 Å². The van der Waals surface area contributed by atoms with Crippen molar-refractivity contribution in [2.45, 2.75) is 25.8 Å². The molecule has 5 heteroatoms. The Bertz CT molecular complexity index is 452. The Balaban J connectivity index is 1.84. The van der Waals surface area contributed by atoms with Crippen LogP contribution in [0.3, 0.4) is 0 Å². The molecule has 1 aromatic rings. The van der Waals surface area contributed by atoms with E-state index in [9.17, 15) is 9.90 Å². The second-order valence-corrected chi connectivity index (χ2v) is 5.90. The van der Waals surface area contributed by atoms with Crippen LogP contribution in [0.5, 0.6) is 0 Å². The van der Waals surface area contributed by atoms with Gasteiger partial charge in [-0.3, -0.25) is 9.69 Å². The Labute approximate surface area is 131 Å². The van der Waals surface area contributed by atoms with Crippen molar-refractivity contribution in [1.29, 1.82) is 0 Å². The molecule has 4 nitrogen and oxygen atoms in total. The third-order valence-corrected chi connectivity index (χ3v) is 4.39. The Hall–Kier alpha value is -1.10. The number of carbonyl (C=O) groups excluding carboxylic acids is 1. The predicted octanol–water partition coefficient (Wildman–Crippen LogP) is 1.80. The summed E-state index contributed by atoms with van der Waals surface area (Å²) in [6, 6.07) is 7.65. The van der Waals surface area contributed by atoms with Crippen LogP contribution in [0.1, 0.15) is 18.9 Å². The first kappa shape index (κ1) is 16.3. The summed E-state index contributed by atoms with van der Waals surface area (Å²) in [5.41, 5.74) is 0.994. The number of piperazine rings is 1. The molecule has 116 valence electrons. The van der Waals surface area contributed by atoms with Crippen molar-refractivity contribution in [2.75, 3.05) is 32.8 Å². The third kappa shape index (κ3) is 4.43. The van der Waals surface area contributed by atoms with Crippen LogP contribution < -0.4 is 0 Å². The summed E-state index contributed by atoms with van der Waals surface area (Å²) in [4.78, 5) is 16.5. The molecular formula is C16H23ClN2O2. The first-order valence-corrected chi connectivity index (χ1v) is 7.89. The standard InChI is InChI=1S/C16H23ClN2O2/c1-2-15(12-20)18-7-9-19(10-8-18)16(21)11-13-3-5-14(17)6-4-13/h3-6,15,20H,2,7-12H2,1H3. The number of hydrogen-bond acceptors (Lipinski definition) is 3. The predicted molar refractivity (Wildman–Crippen MR) is 84.5 cm³/mol. The zero-order valence-corrected chi connectivity index (χ0v) is 13.2. The van der Waals surface area contributed by atoms with Gasteiger partial charge in [0.15, 0.2) is 0 Å².